The van der Waals surface area contributed by atoms with Crippen molar-refractivity contribution in [3.63, 3.8) is 0 Å². The molecule has 2 atom stereocenters. The minimum atomic E-state index is -1.48. The molecule has 0 spiro atoms. The number of ketones is 1. The van der Waals surface area contributed by atoms with Crippen LogP contribution in [-0.4, -0.2) is 12.0 Å². The van der Waals surface area contributed by atoms with Crippen molar-refractivity contribution in [2.75, 3.05) is 0 Å². The van der Waals surface area contributed by atoms with E-state index in [4.69, 9.17) is 0 Å². The summed E-state index contributed by atoms with van der Waals surface area (Å²) in [5.41, 5.74) is 3.13. The summed E-state index contributed by atoms with van der Waals surface area (Å²) in [4.78, 5) is 12.0. The zero-order chi connectivity index (χ0) is 14.1. The minimum Gasteiger partial charge on any atom is -0.291 e. The molecule has 1 aliphatic carbocycles. The van der Waals surface area contributed by atoms with Gasteiger partial charge in [-0.15, -0.1) is 0 Å². The van der Waals surface area contributed by atoms with Crippen LogP contribution < -0.4 is 0 Å². The standard InChI is InChI=1S/C18H15FO/c1-12-15(13-8-4-2-5-9-13)16(17(19)18(12)20)14-10-6-3-7-11-14/h2-11,16-17H,1H3/t16-,17-/m0/s1. The van der Waals surface area contributed by atoms with Crippen molar-refractivity contribution in [1.82, 2.24) is 0 Å². The molecule has 2 aromatic rings. The monoisotopic (exact) mass is 266 g/mol. The van der Waals surface area contributed by atoms with E-state index in [2.05, 4.69) is 0 Å². The average molecular weight is 266 g/mol. The molecule has 1 nitrogen and oxygen atoms in total. The molecule has 1 aliphatic rings. The molecule has 0 radical (unpaired) electrons. The van der Waals surface area contributed by atoms with Crippen LogP contribution in [-0.2, 0) is 4.79 Å². The van der Waals surface area contributed by atoms with Crippen LogP contribution in [0.4, 0.5) is 4.39 Å². The average Bonchev–Trinajstić information content (AvgIpc) is 2.73. The van der Waals surface area contributed by atoms with Gasteiger partial charge in [0.05, 0.1) is 0 Å². The van der Waals surface area contributed by atoms with Gasteiger partial charge in [0.1, 0.15) is 0 Å². The second kappa shape index (κ2) is 5.04. The predicted octanol–water partition coefficient (Wildman–Crippen LogP) is 4.16. The van der Waals surface area contributed by atoms with Crippen molar-refractivity contribution in [1.29, 1.82) is 0 Å². The Morgan fingerprint density at radius 2 is 1.45 bits per heavy atom. The first-order valence-corrected chi connectivity index (χ1v) is 6.69. The minimum absolute atomic E-state index is 0.391. The Kier molecular flexibility index (Phi) is 3.23. The molecule has 2 heteroatoms. The molecule has 0 aliphatic heterocycles. The highest BCUT2D eigenvalue weighted by atomic mass is 19.1. The van der Waals surface area contributed by atoms with Crippen LogP contribution in [0, 0.1) is 0 Å². The summed E-state index contributed by atoms with van der Waals surface area (Å²) in [7, 11) is 0. The lowest BCUT2D eigenvalue weighted by molar-refractivity contribution is -0.119. The Bertz CT molecular complexity index is 658. The molecule has 20 heavy (non-hydrogen) atoms. The molecule has 0 amide bonds. The van der Waals surface area contributed by atoms with Gasteiger partial charge in [-0.05, 0) is 29.2 Å². The van der Waals surface area contributed by atoms with E-state index in [0.29, 0.717) is 5.57 Å². The summed E-state index contributed by atoms with van der Waals surface area (Å²) in [6, 6.07) is 19.0. The number of carbonyl (C=O) groups is 1. The molecule has 3 rings (SSSR count). The van der Waals surface area contributed by atoms with Crippen molar-refractivity contribution in [3.05, 3.63) is 77.4 Å². The Balaban J connectivity index is 2.15. The molecule has 0 bridgehead atoms. The number of carbonyl (C=O) groups excluding carboxylic acids is 1. The third-order valence-electron chi connectivity index (χ3n) is 3.87. The lowest BCUT2D eigenvalue weighted by Crippen LogP contribution is -2.17. The fourth-order valence-electron chi connectivity index (χ4n) is 2.88. The molecule has 0 saturated carbocycles. The number of halogens is 1. The summed E-state index contributed by atoms with van der Waals surface area (Å²) < 4.78 is 14.5. The first-order valence-electron chi connectivity index (χ1n) is 6.69. The van der Waals surface area contributed by atoms with Crippen molar-refractivity contribution in [2.24, 2.45) is 0 Å². The molecule has 100 valence electrons. The molecular weight excluding hydrogens is 251 g/mol. The van der Waals surface area contributed by atoms with Gasteiger partial charge in [0.25, 0.3) is 0 Å². The van der Waals surface area contributed by atoms with E-state index in [1.165, 1.54) is 0 Å². The van der Waals surface area contributed by atoms with E-state index >= 15 is 0 Å². The van der Waals surface area contributed by atoms with Gasteiger partial charge >= 0.3 is 0 Å². The van der Waals surface area contributed by atoms with E-state index in [-0.39, 0.29) is 0 Å². The van der Waals surface area contributed by atoms with E-state index in [9.17, 15) is 9.18 Å². The van der Waals surface area contributed by atoms with Gasteiger partial charge < -0.3 is 0 Å². The van der Waals surface area contributed by atoms with Crippen LogP contribution in [0.2, 0.25) is 0 Å². The summed E-state index contributed by atoms with van der Waals surface area (Å²) in [6.45, 7) is 1.72. The SMILES string of the molecule is CC1=C(c2ccccc2)[C@H](c2ccccc2)[C@H](F)C1=O. The number of alkyl halides is 1. The van der Waals surface area contributed by atoms with Crippen LogP contribution in [0.3, 0.4) is 0 Å². The molecule has 0 fully saturated rings. The van der Waals surface area contributed by atoms with Crippen molar-refractivity contribution < 1.29 is 9.18 Å². The second-order valence-electron chi connectivity index (χ2n) is 5.06. The second-order valence-corrected chi connectivity index (χ2v) is 5.06. The zero-order valence-corrected chi connectivity index (χ0v) is 11.2. The highest BCUT2D eigenvalue weighted by molar-refractivity contribution is 6.11. The van der Waals surface area contributed by atoms with E-state index in [1.807, 2.05) is 60.7 Å². The first kappa shape index (κ1) is 12.8. The van der Waals surface area contributed by atoms with E-state index < -0.39 is 17.9 Å². The number of hydrogen-bond donors (Lipinski definition) is 0. The Hall–Kier alpha value is -2.22. The Morgan fingerprint density at radius 3 is 2.05 bits per heavy atom. The first-order chi connectivity index (χ1) is 9.70. The van der Waals surface area contributed by atoms with Crippen molar-refractivity contribution >= 4 is 11.4 Å². The maximum atomic E-state index is 14.5. The summed E-state index contributed by atoms with van der Waals surface area (Å²) in [6.07, 6.45) is -1.48. The Morgan fingerprint density at radius 1 is 0.900 bits per heavy atom. The van der Waals surface area contributed by atoms with Gasteiger partial charge in [0.2, 0.25) is 0 Å². The third-order valence-corrected chi connectivity index (χ3v) is 3.87. The van der Waals surface area contributed by atoms with Gasteiger partial charge in [0.15, 0.2) is 12.0 Å². The fourth-order valence-corrected chi connectivity index (χ4v) is 2.88. The van der Waals surface area contributed by atoms with Gasteiger partial charge in [-0.2, -0.15) is 0 Å². The van der Waals surface area contributed by atoms with Crippen LogP contribution in [0.15, 0.2) is 66.2 Å². The molecule has 0 N–H and O–H groups in total. The topological polar surface area (TPSA) is 17.1 Å². The summed E-state index contributed by atoms with van der Waals surface area (Å²) in [5.74, 6) is -0.885. The quantitative estimate of drug-likeness (QED) is 0.797. The van der Waals surface area contributed by atoms with Crippen LogP contribution in [0.5, 0.6) is 0 Å². The number of Topliss-reactive ketones (excluding diaryl/α,β-unsaturated/α-hetero) is 1. The summed E-state index contributed by atoms with van der Waals surface area (Å²) in [5, 5.41) is 0. The number of hydrogen-bond acceptors (Lipinski definition) is 1. The number of allylic oxidation sites excluding steroid dienone is 2. The Labute approximate surface area is 117 Å². The molecule has 0 aromatic heterocycles. The highest BCUT2D eigenvalue weighted by Gasteiger charge is 2.41. The predicted molar refractivity (Wildman–Crippen MR) is 78.1 cm³/mol. The van der Waals surface area contributed by atoms with Crippen LogP contribution in [0.1, 0.15) is 24.0 Å². The van der Waals surface area contributed by atoms with E-state index in [0.717, 1.165) is 16.7 Å². The normalized spacial score (nSPS) is 22.4. The molecular formula is C18H15FO. The van der Waals surface area contributed by atoms with Crippen molar-refractivity contribution in [3.8, 4) is 0 Å². The number of benzene rings is 2. The van der Waals surface area contributed by atoms with Gasteiger partial charge in [-0.25, -0.2) is 4.39 Å². The zero-order valence-electron chi connectivity index (χ0n) is 11.2. The van der Waals surface area contributed by atoms with Crippen LogP contribution >= 0.6 is 0 Å². The molecule has 0 saturated heterocycles. The smallest absolute Gasteiger partial charge is 0.193 e. The lowest BCUT2D eigenvalue weighted by Gasteiger charge is -2.17. The lowest BCUT2D eigenvalue weighted by atomic mass is 9.87. The van der Waals surface area contributed by atoms with E-state index in [1.54, 1.807) is 6.92 Å². The molecule has 0 unspecified atom stereocenters. The van der Waals surface area contributed by atoms with Crippen LogP contribution in [0.25, 0.3) is 5.57 Å². The maximum Gasteiger partial charge on any atom is 0.193 e. The highest BCUT2D eigenvalue weighted by Crippen LogP contribution is 2.44. The largest absolute Gasteiger partial charge is 0.291 e. The fraction of sp³-hybridized carbons (Fsp3) is 0.167. The number of rotatable bonds is 2. The van der Waals surface area contributed by atoms with Crippen molar-refractivity contribution in [2.45, 2.75) is 19.0 Å². The van der Waals surface area contributed by atoms with Gasteiger partial charge in [0, 0.05) is 5.92 Å². The molecule has 2 aromatic carbocycles. The third kappa shape index (κ3) is 1.97. The van der Waals surface area contributed by atoms with Gasteiger partial charge in [-0.1, -0.05) is 60.7 Å². The van der Waals surface area contributed by atoms with Gasteiger partial charge in [-0.3, -0.25) is 4.79 Å². The summed E-state index contributed by atoms with van der Waals surface area (Å²) >= 11 is 0. The maximum absolute atomic E-state index is 14.5. The molecule has 0 heterocycles.